The van der Waals surface area contributed by atoms with E-state index in [0.29, 0.717) is 11.5 Å². The van der Waals surface area contributed by atoms with E-state index in [4.69, 9.17) is 5.73 Å². The molecule has 82 valence electrons. The average Bonchev–Trinajstić information content (AvgIpc) is 2.49. The first-order chi connectivity index (χ1) is 6.70. The number of nitrogens with two attached hydrogens (primary N) is 1. The van der Waals surface area contributed by atoms with E-state index in [1.165, 1.54) is 45.1 Å². The monoisotopic (exact) mass is 196 g/mol. The summed E-state index contributed by atoms with van der Waals surface area (Å²) in [6, 6.07) is 0.469. The molecule has 0 aromatic rings. The Balaban J connectivity index is 1.62. The highest BCUT2D eigenvalue weighted by Gasteiger charge is 2.31. The van der Waals surface area contributed by atoms with Gasteiger partial charge in [0.15, 0.2) is 0 Å². The van der Waals surface area contributed by atoms with Gasteiger partial charge in [-0.25, -0.2) is 0 Å². The minimum atomic E-state index is 0.469. The highest BCUT2D eigenvalue weighted by Crippen LogP contribution is 2.39. The fourth-order valence-electron chi connectivity index (χ4n) is 2.84. The third-order valence-corrected chi connectivity index (χ3v) is 4.24. The van der Waals surface area contributed by atoms with Crippen LogP contribution in [-0.2, 0) is 0 Å². The maximum Gasteiger partial charge on any atom is 0.00792 e. The van der Waals surface area contributed by atoms with Crippen LogP contribution in [0.5, 0.6) is 0 Å². The minimum Gasteiger partial charge on any atom is -0.327 e. The maximum absolute atomic E-state index is 6.04. The Morgan fingerprint density at radius 2 is 2.07 bits per heavy atom. The summed E-state index contributed by atoms with van der Waals surface area (Å²) >= 11 is 0. The first-order valence-corrected chi connectivity index (χ1v) is 6.16. The Labute approximate surface area is 87.6 Å². The Morgan fingerprint density at radius 1 is 1.29 bits per heavy atom. The van der Waals surface area contributed by atoms with Crippen LogP contribution < -0.4 is 11.1 Å². The molecule has 0 radical (unpaired) electrons. The predicted octanol–water partition coefficient (Wildman–Crippen LogP) is 1.89. The highest BCUT2D eigenvalue weighted by molar-refractivity contribution is 4.87. The van der Waals surface area contributed by atoms with Crippen molar-refractivity contribution < 1.29 is 0 Å². The third-order valence-electron chi connectivity index (χ3n) is 4.24. The Kier molecular flexibility index (Phi) is 3.13. The van der Waals surface area contributed by atoms with Gasteiger partial charge in [-0.1, -0.05) is 19.8 Å². The molecule has 0 aromatic carbocycles. The maximum atomic E-state index is 6.04. The molecule has 14 heavy (non-hydrogen) atoms. The molecule has 2 heteroatoms. The third kappa shape index (κ3) is 2.29. The molecule has 0 spiro atoms. The highest BCUT2D eigenvalue weighted by atomic mass is 14.9. The molecule has 2 rings (SSSR count). The van der Waals surface area contributed by atoms with Crippen molar-refractivity contribution in [2.75, 3.05) is 13.1 Å². The van der Waals surface area contributed by atoms with Gasteiger partial charge >= 0.3 is 0 Å². The summed E-state index contributed by atoms with van der Waals surface area (Å²) in [4.78, 5) is 0. The van der Waals surface area contributed by atoms with E-state index < -0.39 is 0 Å². The summed E-state index contributed by atoms with van der Waals surface area (Å²) < 4.78 is 0. The summed E-state index contributed by atoms with van der Waals surface area (Å²) in [6.45, 7) is 4.76. The van der Waals surface area contributed by atoms with Crippen LogP contribution in [0.4, 0.5) is 0 Å². The van der Waals surface area contributed by atoms with Gasteiger partial charge in [-0.15, -0.1) is 0 Å². The zero-order chi connectivity index (χ0) is 10.0. The van der Waals surface area contributed by atoms with Gasteiger partial charge in [-0.2, -0.15) is 0 Å². The van der Waals surface area contributed by atoms with Crippen molar-refractivity contribution in [1.82, 2.24) is 5.32 Å². The molecule has 0 amide bonds. The summed E-state index contributed by atoms with van der Waals surface area (Å²) in [6.07, 6.45) is 8.17. The fraction of sp³-hybridized carbons (Fsp3) is 1.00. The zero-order valence-corrected chi connectivity index (χ0v) is 9.39. The van der Waals surface area contributed by atoms with Gasteiger partial charge in [-0.05, 0) is 43.6 Å². The van der Waals surface area contributed by atoms with Crippen LogP contribution in [0.3, 0.4) is 0 Å². The summed E-state index contributed by atoms with van der Waals surface area (Å²) in [5.41, 5.74) is 6.65. The van der Waals surface area contributed by atoms with Crippen molar-refractivity contribution in [2.24, 2.45) is 17.1 Å². The SMILES string of the molecule is CC1(CNCC2CCCC2N)CCC1. The topological polar surface area (TPSA) is 38.0 Å². The second-order valence-electron chi connectivity index (χ2n) is 5.65. The van der Waals surface area contributed by atoms with Gasteiger partial charge in [0.2, 0.25) is 0 Å². The number of rotatable bonds is 4. The molecular weight excluding hydrogens is 172 g/mol. The first kappa shape index (κ1) is 10.4. The Bertz CT molecular complexity index is 187. The average molecular weight is 196 g/mol. The lowest BCUT2D eigenvalue weighted by Crippen LogP contribution is -2.41. The second kappa shape index (κ2) is 4.19. The van der Waals surface area contributed by atoms with Crippen molar-refractivity contribution >= 4 is 0 Å². The van der Waals surface area contributed by atoms with E-state index in [9.17, 15) is 0 Å². The van der Waals surface area contributed by atoms with Crippen LogP contribution in [0.2, 0.25) is 0 Å². The molecule has 0 aliphatic heterocycles. The van der Waals surface area contributed by atoms with Crippen LogP contribution in [0, 0.1) is 11.3 Å². The second-order valence-corrected chi connectivity index (χ2v) is 5.65. The standard InChI is InChI=1S/C12H24N2/c1-12(6-3-7-12)9-14-8-10-4-2-5-11(10)13/h10-11,14H,2-9,13H2,1H3. The molecule has 3 N–H and O–H groups in total. The lowest BCUT2D eigenvalue weighted by molar-refractivity contribution is 0.154. The van der Waals surface area contributed by atoms with Crippen molar-refractivity contribution in [3.63, 3.8) is 0 Å². The normalized spacial score (nSPS) is 35.6. The number of hydrogen-bond donors (Lipinski definition) is 2. The van der Waals surface area contributed by atoms with E-state index in [2.05, 4.69) is 12.2 Å². The lowest BCUT2D eigenvalue weighted by atomic mass is 9.70. The summed E-state index contributed by atoms with van der Waals surface area (Å²) in [5, 5.41) is 3.62. The minimum absolute atomic E-state index is 0.469. The zero-order valence-electron chi connectivity index (χ0n) is 9.39. The van der Waals surface area contributed by atoms with Crippen LogP contribution in [0.25, 0.3) is 0 Å². The fourth-order valence-corrected chi connectivity index (χ4v) is 2.84. The van der Waals surface area contributed by atoms with Gasteiger partial charge in [0.25, 0.3) is 0 Å². The van der Waals surface area contributed by atoms with Crippen molar-refractivity contribution in [3.05, 3.63) is 0 Å². The largest absolute Gasteiger partial charge is 0.327 e. The van der Waals surface area contributed by atoms with Crippen molar-refractivity contribution in [1.29, 1.82) is 0 Å². The van der Waals surface area contributed by atoms with Gasteiger partial charge in [0.05, 0.1) is 0 Å². The molecule has 2 saturated carbocycles. The predicted molar refractivity (Wildman–Crippen MR) is 60.1 cm³/mol. The van der Waals surface area contributed by atoms with Gasteiger partial charge < -0.3 is 11.1 Å². The van der Waals surface area contributed by atoms with Gasteiger partial charge in [-0.3, -0.25) is 0 Å². The number of nitrogens with one attached hydrogen (secondary N) is 1. The molecule has 2 aliphatic rings. The van der Waals surface area contributed by atoms with Crippen LogP contribution >= 0.6 is 0 Å². The van der Waals surface area contributed by atoms with Crippen LogP contribution in [-0.4, -0.2) is 19.1 Å². The molecule has 2 unspecified atom stereocenters. The van der Waals surface area contributed by atoms with E-state index in [1.54, 1.807) is 0 Å². The van der Waals surface area contributed by atoms with Crippen molar-refractivity contribution in [2.45, 2.75) is 51.5 Å². The van der Waals surface area contributed by atoms with Gasteiger partial charge in [0, 0.05) is 12.6 Å². The lowest BCUT2D eigenvalue weighted by Gasteiger charge is -2.39. The molecular formula is C12H24N2. The molecule has 2 atom stereocenters. The smallest absolute Gasteiger partial charge is 0.00792 e. The van der Waals surface area contributed by atoms with E-state index in [-0.39, 0.29) is 0 Å². The van der Waals surface area contributed by atoms with Crippen LogP contribution in [0.15, 0.2) is 0 Å². The summed E-state index contributed by atoms with van der Waals surface area (Å²) in [5.74, 6) is 0.749. The number of hydrogen-bond acceptors (Lipinski definition) is 2. The van der Waals surface area contributed by atoms with E-state index in [0.717, 1.165) is 12.5 Å². The van der Waals surface area contributed by atoms with E-state index >= 15 is 0 Å². The summed E-state index contributed by atoms with van der Waals surface area (Å²) in [7, 11) is 0. The Morgan fingerprint density at radius 3 is 2.57 bits per heavy atom. The Hall–Kier alpha value is -0.0800. The van der Waals surface area contributed by atoms with E-state index in [1.807, 2.05) is 0 Å². The molecule has 0 aromatic heterocycles. The van der Waals surface area contributed by atoms with Gasteiger partial charge in [0.1, 0.15) is 0 Å². The van der Waals surface area contributed by atoms with Crippen molar-refractivity contribution in [3.8, 4) is 0 Å². The molecule has 0 heterocycles. The molecule has 0 saturated heterocycles. The quantitative estimate of drug-likeness (QED) is 0.720. The van der Waals surface area contributed by atoms with Crippen LogP contribution in [0.1, 0.15) is 45.4 Å². The molecule has 2 aliphatic carbocycles. The molecule has 2 nitrogen and oxygen atoms in total. The first-order valence-electron chi connectivity index (χ1n) is 6.16. The molecule has 0 bridgehead atoms. The molecule has 2 fully saturated rings.